The average Bonchev–Trinajstić information content (AvgIpc) is 2.67. The van der Waals surface area contributed by atoms with Crippen LogP contribution in [0.4, 0.5) is 0 Å². The van der Waals surface area contributed by atoms with Gasteiger partial charge in [-0.15, -0.1) is 0 Å². The lowest BCUT2D eigenvalue weighted by atomic mass is 9.87. The maximum absolute atomic E-state index is 12.7. The number of carbonyl (C=O) groups excluding carboxylic acids is 2. The molecule has 1 aliphatic rings. The predicted octanol–water partition coefficient (Wildman–Crippen LogP) is 5.04. The standard InChI is InChI=1S/C27H43NO5/c1-19(2)24(25(30)31-18-20-11-9-8-10-12-20)28-14-13-22-16-23(33-27(6,7)32-22)15-21(29)17-26(3,4)5/h8-12,19,22-24,28H,13-18H2,1-7H3/t22-,23+,24?/m1/s1. The fourth-order valence-electron chi connectivity index (χ4n) is 4.25. The zero-order chi connectivity index (χ0) is 24.6. The Bertz CT molecular complexity index is 754. The van der Waals surface area contributed by atoms with Crippen LogP contribution < -0.4 is 5.32 Å². The molecule has 1 N–H and O–H groups in total. The first kappa shape index (κ1) is 27.5. The van der Waals surface area contributed by atoms with Crippen LogP contribution in [0.2, 0.25) is 0 Å². The minimum absolute atomic E-state index is 0.0257. The second kappa shape index (κ2) is 12.1. The lowest BCUT2D eigenvalue weighted by molar-refractivity contribution is -0.299. The number of ether oxygens (including phenoxy) is 3. The molecule has 1 aliphatic heterocycles. The van der Waals surface area contributed by atoms with E-state index in [0.717, 1.165) is 12.0 Å². The first-order valence-corrected chi connectivity index (χ1v) is 12.2. The third kappa shape index (κ3) is 10.4. The van der Waals surface area contributed by atoms with Gasteiger partial charge in [-0.05, 0) is 43.7 Å². The summed E-state index contributed by atoms with van der Waals surface area (Å²) in [5.41, 5.74) is 0.945. The SMILES string of the molecule is CC(C)C(NCC[C@@H]1C[C@H](CC(=O)CC(C)(C)C)OC(C)(C)O1)C(=O)OCc1ccccc1. The van der Waals surface area contributed by atoms with Crippen molar-refractivity contribution in [3.8, 4) is 0 Å². The first-order chi connectivity index (χ1) is 15.3. The van der Waals surface area contributed by atoms with Gasteiger partial charge >= 0.3 is 5.97 Å². The van der Waals surface area contributed by atoms with E-state index in [2.05, 4.69) is 26.1 Å². The van der Waals surface area contributed by atoms with Crippen molar-refractivity contribution in [2.45, 2.75) is 105 Å². The van der Waals surface area contributed by atoms with Gasteiger partial charge < -0.3 is 19.5 Å². The number of hydrogen-bond donors (Lipinski definition) is 1. The van der Waals surface area contributed by atoms with Crippen LogP contribution in [0.5, 0.6) is 0 Å². The molecule has 6 nitrogen and oxygen atoms in total. The van der Waals surface area contributed by atoms with E-state index >= 15 is 0 Å². The molecule has 186 valence electrons. The van der Waals surface area contributed by atoms with Crippen LogP contribution in [-0.2, 0) is 30.4 Å². The highest BCUT2D eigenvalue weighted by atomic mass is 16.7. The molecule has 2 rings (SSSR count). The van der Waals surface area contributed by atoms with Gasteiger partial charge in [0.2, 0.25) is 0 Å². The van der Waals surface area contributed by atoms with Gasteiger partial charge in [-0.25, -0.2) is 0 Å². The van der Waals surface area contributed by atoms with Gasteiger partial charge in [-0.1, -0.05) is 65.0 Å². The Hall–Kier alpha value is -1.76. The Morgan fingerprint density at radius 3 is 2.36 bits per heavy atom. The molecule has 0 aliphatic carbocycles. The largest absolute Gasteiger partial charge is 0.460 e. The fraction of sp³-hybridized carbons (Fsp3) is 0.704. The Kier molecular flexibility index (Phi) is 10.1. The minimum Gasteiger partial charge on any atom is -0.460 e. The molecule has 0 amide bonds. The predicted molar refractivity (Wildman–Crippen MR) is 130 cm³/mol. The number of benzene rings is 1. The Morgan fingerprint density at radius 1 is 1.12 bits per heavy atom. The van der Waals surface area contributed by atoms with Crippen molar-refractivity contribution >= 4 is 11.8 Å². The maximum Gasteiger partial charge on any atom is 0.323 e. The Morgan fingerprint density at radius 2 is 1.76 bits per heavy atom. The lowest BCUT2D eigenvalue weighted by Crippen LogP contribution is -2.47. The van der Waals surface area contributed by atoms with Crippen molar-refractivity contribution in [3.63, 3.8) is 0 Å². The van der Waals surface area contributed by atoms with Crippen LogP contribution in [0.3, 0.4) is 0 Å². The van der Waals surface area contributed by atoms with Gasteiger partial charge in [-0.2, -0.15) is 0 Å². The monoisotopic (exact) mass is 461 g/mol. The van der Waals surface area contributed by atoms with Crippen molar-refractivity contribution in [3.05, 3.63) is 35.9 Å². The summed E-state index contributed by atoms with van der Waals surface area (Å²) in [4.78, 5) is 25.1. The van der Waals surface area contributed by atoms with Crippen LogP contribution in [-0.4, -0.2) is 42.3 Å². The number of nitrogens with one attached hydrogen (secondary N) is 1. The molecular formula is C27H43NO5. The van der Waals surface area contributed by atoms with E-state index in [0.29, 0.717) is 25.8 Å². The molecule has 33 heavy (non-hydrogen) atoms. The molecule has 0 radical (unpaired) electrons. The highest BCUT2D eigenvalue weighted by Crippen LogP contribution is 2.31. The number of hydrogen-bond acceptors (Lipinski definition) is 6. The summed E-state index contributed by atoms with van der Waals surface area (Å²) < 4.78 is 17.7. The topological polar surface area (TPSA) is 73.9 Å². The molecule has 0 spiro atoms. The van der Waals surface area contributed by atoms with Gasteiger partial charge in [0, 0.05) is 19.3 Å². The van der Waals surface area contributed by atoms with E-state index in [1.807, 2.05) is 58.0 Å². The molecule has 0 aromatic heterocycles. The third-order valence-electron chi connectivity index (χ3n) is 5.58. The summed E-state index contributed by atoms with van der Waals surface area (Å²) in [5, 5.41) is 3.35. The van der Waals surface area contributed by atoms with Crippen molar-refractivity contribution in [1.29, 1.82) is 0 Å². The molecule has 1 aromatic rings. The van der Waals surface area contributed by atoms with Gasteiger partial charge in [0.15, 0.2) is 5.79 Å². The van der Waals surface area contributed by atoms with Crippen LogP contribution in [0.1, 0.15) is 79.7 Å². The number of rotatable bonds is 11. The average molecular weight is 462 g/mol. The molecule has 3 atom stereocenters. The molecule has 6 heteroatoms. The van der Waals surface area contributed by atoms with E-state index in [1.165, 1.54) is 0 Å². The highest BCUT2D eigenvalue weighted by molar-refractivity contribution is 5.79. The number of carbonyl (C=O) groups is 2. The summed E-state index contributed by atoms with van der Waals surface area (Å²) in [5.74, 6) is -0.652. The summed E-state index contributed by atoms with van der Waals surface area (Å²) in [6.07, 6.45) is 2.17. The van der Waals surface area contributed by atoms with Crippen molar-refractivity contribution in [2.75, 3.05) is 6.54 Å². The quantitative estimate of drug-likeness (QED) is 0.466. The lowest BCUT2D eigenvalue weighted by Gasteiger charge is -2.41. The zero-order valence-corrected chi connectivity index (χ0v) is 21.5. The van der Waals surface area contributed by atoms with Gasteiger partial charge in [0.25, 0.3) is 0 Å². The van der Waals surface area contributed by atoms with Gasteiger partial charge in [-0.3, -0.25) is 9.59 Å². The maximum atomic E-state index is 12.7. The van der Waals surface area contributed by atoms with Crippen molar-refractivity contribution in [2.24, 2.45) is 11.3 Å². The van der Waals surface area contributed by atoms with E-state index in [-0.39, 0.29) is 47.9 Å². The van der Waals surface area contributed by atoms with Crippen LogP contribution in [0.15, 0.2) is 30.3 Å². The van der Waals surface area contributed by atoms with Crippen LogP contribution in [0, 0.1) is 11.3 Å². The van der Waals surface area contributed by atoms with Crippen molar-refractivity contribution in [1.82, 2.24) is 5.32 Å². The summed E-state index contributed by atoms with van der Waals surface area (Å²) in [7, 11) is 0. The second-order valence-electron chi connectivity index (χ2n) is 11.2. The smallest absolute Gasteiger partial charge is 0.323 e. The van der Waals surface area contributed by atoms with E-state index in [4.69, 9.17) is 14.2 Å². The molecule has 1 fully saturated rings. The molecule has 1 unspecified atom stereocenters. The minimum atomic E-state index is -0.734. The number of ketones is 1. The molecule has 0 bridgehead atoms. The molecule has 1 saturated heterocycles. The Labute approximate surface area is 199 Å². The highest BCUT2D eigenvalue weighted by Gasteiger charge is 2.36. The normalized spacial score (nSPS) is 21.6. The van der Waals surface area contributed by atoms with Gasteiger partial charge in [0.1, 0.15) is 18.4 Å². The van der Waals surface area contributed by atoms with Gasteiger partial charge in [0.05, 0.1) is 12.2 Å². The third-order valence-corrected chi connectivity index (χ3v) is 5.58. The first-order valence-electron chi connectivity index (χ1n) is 12.2. The zero-order valence-electron chi connectivity index (χ0n) is 21.5. The fourth-order valence-corrected chi connectivity index (χ4v) is 4.25. The molecule has 0 saturated carbocycles. The summed E-state index contributed by atoms with van der Waals surface area (Å²) in [6, 6.07) is 9.30. The van der Waals surface area contributed by atoms with E-state index < -0.39 is 5.79 Å². The van der Waals surface area contributed by atoms with Crippen molar-refractivity contribution < 1.29 is 23.8 Å². The number of Topliss-reactive ketones (excluding diaryl/α,β-unsaturated/α-hetero) is 1. The van der Waals surface area contributed by atoms with E-state index in [9.17, 15) is 9.59 Å². The summed E-state index contributed by atoms with van der Waals surface area (Å²) in [6.45, 7) is 14.9. The second-order valence-corrected chi connectivity index (χ2v) is 11.2. The number of esters is 1. The Balaban J connectivity index is 1.85. The molecule has 1 heterocycles. The van der Waals surface area contributed by atoms with Crippen LogP contribution in [0.25, 0.3) is 0 Å². The van der Waals surface area contributed by atoms with Crippen LogP contribution >= 0.6 is 0 Å². The molecular weight excluding hydrogens is 418 g/mol. The van der Waals surface area contributed by atoms with E-state index in [1.54, 1.807) is 0 Å². The summed E-state index contributed by atoms with van der Waals surface area (Å²) >= 11 is 0. The molecule has 1 aromatic carbocycles.